The molecule has 3 aromatic heterocycles. The number of hydrogen-bond donors (Lipinski definition) is 2. The zero-order valence-corrected chi connectivity index (χ0v) is 20.5. The second-order valence-corrected chi connectivity index (χ2v) is 9.09. The molecule has 36 heavy (non-hydrogen) atoms. The van der Waals surface area contributed by atoms with E-state index in [1.165, 1.54) is 29.5 Å². The standard InChI is InChI=1S/C23H17N7O4S2/c1-12-7-8-14(21-28-29-13(2)26-27-23(29)36-21)11-16(12)24-22(35)25-20(31)19-10-9-18(34-19)15-5-3-4-6-17(15)30(32)33/h3-11H,1-2H3,(H2,24,25,31,35). The molecule has 0 aliphatic heterocycles. The summed E-state index contributed by atoms with van der Waals surface area (Å²) in [7, 11) is 0. The predicted octanol–water partition coefficient (Wildman–Crippen LogP) is 4.76. The lowest BCUT2D eigenvalue weighted by Gasteiger charge is -2.12. The van der Waals surface area contributed by atoms with Gasteiger partial charge in [0, 0.05) is 17.3 Å². The molecule has 0 bridgehead atoms. The highest BCUT2D eigenvalue weighted by atomic mass is 32.1. The molecule has 11 nitrogen and oxygen atoms in total. The second kappa shape index (κ2) is 9.28. The Bertz CT molecular complexity index is 1650. The molecule has 0 aliphatic rings. The van der Waals surface area contributed by atoms with Gasteiger partial charge in [-0.3, -0.25) is 20.2 Å². The number of aromatic nitrogens is 4. The number of carbonyl (C=O) groups excluding carboxylic acids is 1. The number of furan rings is 1. The fourth-order valence-corrected chi connectivity index (χ4v) is 4.57. The van der Waals surface area contributed by atoms with Crippen LogP contribution in [0.4, 0.5) is 11.4 Å². The number of nitrogens with one attached hydrogen (secondary N) is 2. The molecule has 0 unspecified atom stereocenters. The summed E-state index contributed by atoms with van der Waals surface area (Å²) in [6.07, 6.45) is 0. The van der Waals surface area contributed by atoms with Gasteiger partial charge in [0.05, 0.1) is 10.5 Å². The summed E-state index contributed by atoms with van der Waals surface area (Å²) in [4.78, 5) is 24.2. The lowest BCUT2D eigenvalue weighted by Crippen LogP contribution is -2.34. The number of aryl methyl sites for hydroxylation is 2. The first-order valence-electron chi connectivity index (χ1n) is 10.6. The Morgan fingerprint density at radius 1 is 1.14 bits per heavy atom. The van der Waals surface area contributed by atoms with E-state index >= 15 is 0 Å². The molecular weight excluding hydrogens is 502 g/mol. The van der Waals surface area contributed by atoms with Crippen molar-refractivity contribution in [2.24, 2.45) is 0 Å². The van der Waals surface area contributed by atoms with Gasteiger partial charge >= 0.3 is 0 Å². The minimum Gasteiger partial charge on any atom is -0.451 e. The van der Waals surface area contributed by atoms with E-state index in [4.69, 9.17) is 16.6 Å². The summed E-state index contributed by atoms with van der Waals surface area (Å²) in [5.74, 6) is 0.281. The molecule has 0 saturated heterocycles. The Morgan fingerprint density at radius 2 is 1.94 bits per heavy atom. The molecule has 0 spiro atoms. The third-order valence-corrected chi connectivity index (χ3v) is 6.45. The molecule has 5 rings (SSSR count). The number of hydrogen-bond acceptors (Lipinski definition) is 9. The van der Waals surface area contributed by atoms with E-state index in [1.54, 1.807) is 22.7 Å². The van der Waals surface area contributed by atoms with Gasteiger partial charge in [0.1, 0.15) is 10.8 Å². The Morgan fingerprint density at radius 3 is 2.72 bits per heavy atom. The Hall–Kier alpha value is -4.49. The van der Waals surface area contributed by atoms with Crippen molar-refractivity contribution in [1.29, 1.82) is 0 Å². The lowest BCUT2D eigenvalue weighted by molar-refractivity contribution is -0.384. The number of carbonyl (C=O) groups is 1. The van der Waals surface area contributed by atoms with Crippen molar-refractivity contribution in [3.8, 4) is 21.9 Å². The van der Waals surface area contributed by atoms with Crippen molar-refractivity contribution < 1.29 is 14.1 Å². The van der Waals surface area contributed by atoms with Crippen LogP contribution in [0.5, 0.6) is 0 Å². The maximum atomic E-state index is 12.7. The number of nitro benzene ring substituents is 1. The highest BCUT2D eigenvalue weighted by Gasteiger charge is 2.20. The third-order valence-electron chi connectivity index (χ3n) is 5.30. The van der Waals surface area contributed by atoms with Gasteiger partial charge < -0.3 is 9.73 Å². The first kappa shape index (κ1) is 23.3. The molecule has 5 aromatic rings. The largest absolute Gasteiger partial charge is 0.451 e. The zero-order valence-electron chi connectivity index (χ0n) is 18.9. The number of para-hydroxylation sites is 1. The molecule has 0 fully saturated rings. The van der Waals surface area contributed by atoms with Crippen LogP contribution in [0.3, 0.4) is 0 Å². The van der Waals surface area contributed by atoms with Crippen molar-refractivity contribution in [3.05, 3.63) is 81.9 Å². The Balaban J connectivity index is 1.31. The van der Waals surface area contributed by atoms with Gasteiger partial charge in [-0.2, -0.15) is 9.61 Å². The van der Waals surface area contributed by atoms with E-state index in [2.05, 4.69) is 25.9 Å². The highest BCUT2D eigenvalue weighted by Crippen LogP contribution is 2.31. The molecule has 0 radical (unpaired) electrons. The van der Waals surface area contributed by atoms with E-state index in [-0.39, 0.29) is 27.9 Å². The van der Waals surface area contributed by atoms with Crippen LogP contribution in [0.1, 0.15) is 21.9 Å². The van der Waals surface area contributed by atoms with Crippen molar-refractivity contribution in [2.45, 2.75) is 13.8 Å². The molecule has 180 valence electrons. The predicted molar refractivity (Wildman–Crippen MR) is 138 cm³/mol. The highest BCUT2D eigenvalue weighted by molar-refractivity contribution is 7.80. The van der Waals surface area contributed by atoms with Gasteiger partial charge in [-0.1, -0.05) is 35.6 Å². The minimum atomic E-state index is -0.588. The summed E-state index contributed by atoms with van der Waals surface area (Å²) in [5, 5.41) is 30.4. The van der Waals surface area contributed by atoms with E-state index in [0.717, 1.165) is 16.1 Å². The fourth-order valence-electron chi connectivity index (χ4n) is 3.49. The van der Waals surface area contributed by atoms with Crippen molar-refractivity contribution in [1.82, 2.24) is 25.1 Å². The SMILES string of the molecule is Cc1ccc(-c2nn3c(C)nnc3s2)cc1NC(=S)NC(=O)c1ccc(-c2ccccc2[N+](=O)[O-])o1. The number of benzene rings is 2. The van der Waals surface area contributed by atoms with Crippen LogP contribution in [-0.2, 0) is 0 Å². The molecule has 1 amide bonds. The number of rotatable bonds is 5. The molecule has 3 heterocycles. The lowest BCUT2D eigenvalue weighted by atomic mass is 10.1. The molecule has 13 heteroatoms. The molecule has 2 N–H and O–H groups in total. The van der Waals surface area contributed by atoms with Gasteiger partial charge in [-0.05, 0) is 55.9 Å². The Kier molecular flexibility index (Phi) is 6.00. The molecular formula is C23H17N7O4S2. The van der Waals surface area contributed by atoms with E-state index < -0.39 is 10.8 Å². The van der Waals surface area contributed by atoms with E-state index in [1.807, 2.05) is 32.0 Å². The first-order valence-corrected chi connectivity index (χ1v) is 11.8. The quantitative estimate of drug-likeness (QED) is 0.191. The topological polar surface area (TPSA) is 140 Å². The van der Waals surface area contributed by atoms with Gasteiger partial charge in [-0.15, -0.1) is 10.2 Å². The molecule has 0 saturated carbocycles. The number of fused-ring (bicyclic) bond motifs is 1. The maximum absolute atomic E-state index is 12.7. The Labute approximate surface area is 212 Å². The second-order valence-electron chi connectivity index (χ2n) is 7.72. The average Bonchev–Trinajstić information content (AvgIpc) is 3.58. The van der Waals surface area contributed by atoms with Crippen molar-refractivity contribution in [2.75, 3.05) is 5.32 Å². The summed E-state index contributed by atoms with van der Waals surface area (Å²) in [5.41, 5.74) is 2.61. The average molecular weight is 520 g/mol. The summed E-state index contributed by atoms with van der Waals surface area (Å²) in [6.45, 7) is 3.74. The smallest absolute Gasteiger partial charge is 0.293 e. The van der Waals surface area contributed by atoms with Crippen molar-refractivity contribution in [3.63, 3.8) is 0 Å². The van der Waals surface area contributed by atoms with Gasteiger partial charge in [0.2, 0.25) is 4.96 Å². The van der Waals surface area contributed by atoms with Crippen LogP contribution in [0, 0.1) is 24.0 Å². The minimum absolute atomic E-state index is 0.0344. The fraction of sp³-hybridized carbons (Fsp3) is 0.0870. The number of nitro groups is 1. The van der Waals surface area contributed by atoms with E-state index in [0.29, 0.717) is 16.5 Å². The van der Waals surface area contributed by atoms with E-state index in [9.17, 15) is 14.9 Å². The van der Waals surface area contributed by atoms with Crippen molar-refractivity contribution >= 4 is 50.9 Å². The molecule has 2 aromatic carbocycles. The van der Waals surface area contributed by atoms with Crippen LogP contribution < -0.4 is 10.6 Å². The van der Waals surface area contributed by atoms with Crippen LogP contribution in [0.25, 0.3) is 26.9 Å². The first-order chi connectivity index (χ1) is 17.3. The number of amides is 1. The van der Waals surface area contributed by atoms with Crippen LogP contribution in [0.15, 0.2) is 59.0 Å². The normalized spacial score (nSPS) is 10.9. The summed E-state index contributed by atoms with van der Waals surface area (Å²) in [6, 6.07) is 14.8. The zero-order chi connectivity index (χ0) is 25.4. The maximum Gasteiger partial charge on any atom is 0.293 e. The molecule has 0 aliphatic carbocycles. The summed E-state index contributed by atoms with van der Waals surface area (Å²) < 4.78 is 7.26. The number of anilines is 1. The van der Waals surface area contributed by atoms with Crippen LogP contribution >= 0.6 is 23.6 Å². The number of nitrogens with zero attached hydrogens (tertiary/aromatic N) is 5. The van der Waals surface area contributed by atoms with Gasteiger partial charge in [-0.25, -0.2) is 0 Å². The van der Waals surface area contributed by atoms with Gasteiger partial charge in [0.15, 0.2) is 16.7 Å². The van der Waals surface area contributed by atoms with Crippen LogP contribution in [0.2, 0.25) is 0 Å². The summed E-state index contributed by atoms with van der Waals surface area (Å²) >= 11 is 6.74. The number of thiocarbonyl (C=S) groups is 1. The van der Waals surface area contributed by atoms with Gasteiger partial charge in [0.25, 0.3) is 11.6 Å². The van der Waals surface area contributed by atoms with Crippen LogP contribution in [-0.4, -0.2) is 35.8 Å². The molecule has 0 atom stereocenters. The third kappa shape index (κ3) is 4.44. The monoisotopic (exact) mass is 519 g/mol.